The zero-order valence-electron chi connectivity index (χ0n) is 18.9. The van der Waals surface area contributed by atoms with E-state index in [1.165, 1.54) is 0 Å². The summed E-state index contributed by atoms with van der Waals surface area (Å²) in [5, 5.41) is 6.86. The molecule has 1 N–H and O–H groups in total. The Morgan fingerprint density at radius 1 is 1.06 bits per heavy atom. The van der Waals surface area contributed by atoms with E-state index >= 15 is 0 Å². The van der Waals surface area contributed by atoms with Gasteiger partial charge in [-0.3, -0.25) is 14.9 Å². The average molecular weight is 481 g/mol. The van der Waals surface area contributed by atoms with Crippen LogP contribution in [0.25, 0.3) is 5.70 Å². The van der Waals surface area contributed by atoms with Crippen molar-refractivity contribution in [1.82, 2.24) is 19.7 Å². The van der Waals surface area contributed by atoms with Gasteiger partial charge < -0.3 is 4.90 Å². The number of carbonyl (C=O) groups is 2. The Morgan fingerprint density at radius 2 is 1.68 bits per heavy atom. The quantitative estimate of drug-likeness (QED) is 0.667. The summed E-state index contributed by atoms with van der Waals surface area (Å²) in [4.78, 5) is 30.3. The van der Waals surface area contributed by atoms with E-state index in [9.17, 15) is 27.2 Å². The van der Waals surface area contributed by atoms with Crippen LogP contribution in [-0.2, 0) is 16.0 Å². The van der Waals surface area contributed by atoms with Crippen LogP contribution in [0.2, 0.25) is 0 Å². The van der Waals surface area contributed by atoms with Gasteiger partial charge in [0.25, 0.3) is 11.8 Å². The fraction of sp³-hybridized carbons (Fsp3) is 0.739. The van der Waals surface area contributed by atoms with Crippen molar-refractivity contribution in [2.75, 3.05) is 18.4 Å². The van der Waals surface area contributed by atoms with Gasteiger partial charge in [0.1, 0.15) is 17.7 Å². The van der Waals surface area contributed by atoms with Crippen molar-refractivity contribution < 1.29 is 27.2 Å². The van der Waals surface area contributed by atoms with Crippen molar-refractivity contribution in [3.63, 3.8) is 0 Å². The normalized spacial score (nSPS) is 32.4. The first-order valence-corrected chi connectivity index (χ1v) is 12.0. The van der Waals surface area contributed by atoms with E-state index in [1.807, 2.05) is 0 Å². The summed E-state index contributed by atoms with van der Waals surface area (Å²) in [6.07, 6.45) is 5.62. The number of carbonyl (C=O) groups excluding carboxylic acids is 2. The van der Waals surface area contributed by atoms with Crippen molar-refractivity contribution in [2.45, 2.75) is 63.7 Å². The summed E-state index contributed by atoms with van der Waals surface area (Å²) in [6, 6.07) is 0. The highest BCUT2D eigenvalue weighted by molar-refractivity contribution is 5.93. The van der Waals surface area contributed by atoms with E-state index in [2.05, 4.69) is 28.4 Å². The molecule has 4 fully saturated rings. The first-order valence-electron chi connectivity index (χ1n) is 12.0. The molecule has 7 nitrogen and oxygen atoms in total. The molecule has 0 aromatic carbocycles. The van der Waals surface area contributed by atoms with Crippen molar-refractivity contribution in [3.8, 4) is 0 Å². The van der Waals surface area contributed by atoms with Crippen molar-refractivity contribution in [3.05, 3.63) is 11.9 Å². The van der Waals surface area contributed by atoms with Gasteiger partial charge in [0.15, 0.2) is 0 Å². The Morgan fingerprint density at radius 3 is 2.26 bits per heavy atom. The number of rotatable bonds is 4. The summed E-state index contributed by atoms with van der Waals surface area (Å²) in [6.45, 7) is 3.18. The van der Waals surface area contributed by atoms with Gasteiger partial charge in [-0.1, -0.05) is 13.0 Å². The monoisotopic (exact) mass is 481 g/mol. The van der Waals surface area contributed by atoms with Gasteiger partial charge in [-0.05, 0) is 31.6 Å². The molecule has 2 aliphatic heterocycles. The van der Waals surface area contributed by atoms with Crippen molar-refractivity contribution in [1.29, 1.82) is 0 Å². The number of amides is 2. The number of halogens is 4. The van der Waals surface area contributed by atoms with E-state index in [4.69, 9.17) is 0 Å². The second kappa shape index (κ2) is 7.04. The summed E-state index contributed by atoms with van der Waals surface area (Å²) in [7, 11) is 0. The fourth-order valence-electron chi connectivity index (χ4n) is 5.91. The second-order valence-corrected chi connectivity index (χ2v) is 11.0. The van der Waals surface area contributed by atoms with Gasteiger partial charge in [-0.15, -0.1) is 5.10 Å². The smallest absolute Gasteiger partial charge is 0.260 e. The fourth-order valence-corrected chi connectivity index (χ4v) is 5.91. The largest absolute Gasteiger partial charge is 0.341 e. The van der Waals surface area contributed by atoms with Crippen molar-refractivity contribution >= 4 is 23.5 Å². The lowest BCUT2D eigenvalue weighted by molar-refractivity contribution is -0.149. The highest BCUT2D eigenvalue weighted by Gasteiger charge is 2.64. The molecule has 3 saturated carbocycles. The molecule has 3 atom stereocenters. The molecule has 184 valence electrons. The maximum atomic E-state index is 13.2. The van der Waals surface area contributed by atoms with Crippen LogP contribution in [0.1, 0.15) is 51.3 Å². The number of nitrogens with one attached hydrogen (secondary N) is 1. The van der Waals surface area contributed by atoms with Crippen LogP contribution in [0.3, 0.4) is 0 Å². The molecule has 5 aliphatic rings. The number of hydrogen-bond acceptors (Lipinski definition) is 4. The molecule has 34 heavy (non-hydrogen) atoms. The zero-order valence-corrected chi connectivity index (χ0v) is 18.9. The van der Waals surface area contributed by atoms with Crippen LogP contribution in [-0.4, -0.2) is 56.4 Å². The van der Waals surface area contributed by atoms with E-state index in [0.717, 1.165) is 31.4 Å². The summed E-state index contributed by atoms with van der Waals surface area (Å²) in [5.41, 5.74) is 1.02. The Kier molecular flexibility index (Phi) is 4.56. The number of hydrogen-bond donors (Lipinski definition) is 1. The third kappa shape index (κ3) is 3.62. The molecule has 0 radical (unpaired) electrons. The molecule has 2 amide bonds. The topological polar surface area (TPSA) is 80.1 Å². The lowest BCUT2D eigenvalue weighted by atomic mass is 9.65. The Bertz CT molecular complexity index is 1080. The Labute approximate surface area is 193 Å². The van der Waals surface area contributed by atoms with Gasteiger partial charge in [0.2, 0.25) is 17.8 Å². The van der Waals surface area contributed by atoms with E-state index in [0.29, 0.717) is 25.3 Å². The molecular formula is C23H27F4N5O2. The number of alkyl halides is 4. The maximum Gasteiger partial charge on any atom is 0.260 e. The predicted molar refractivity (Wildman–Crippen MR) is 113 cm³/mol. The third-order valence-corrected chi connectivity index (χ3v) is 8.21. The third-order valence-electron chi connectivity index (χ3n) is 8.21. The molecule has 1 aromatic rings. The second-order valence-electron chi connectivity index (χ2n) is 11.0. The maximum absolute atomic E-state index is 13.2. The first kappa shape index (κ1) is 22.0. The van der Waals surface area contributed by atoms with Crippen LogP contribution in [0.15, 0.2) is 6.08 Å². The number of fused-ring (bicyclic) bond motifs is 1. The van der Waals surface area contributed by atoms with Crippen molar-refractivity contribution in [2.24, 2.45) is 29.1 Å². The minimum absolute atomic E-state index is 0.0109. The number of anilines is 1. The van der Waals surface area contributed by atoms with Gasteiger partial charge in [-0.2, -0.15) is 4.98 Å². The predicted octanol–water partition coefficient (Wildman–Crippen LogP) is 3.58. The van der Waals surface area contributed by atoms with E-state index in [-0.39, 0.29) is 29.6 Å². The molecule has 3 unspecified atom stereocenters. The van der Waals surface area contributed by atoms with E-state index in [1.54, 1.807) is 9.58 Å². The zero-order chi connectivity index (χ0) is 24.0. The van der Waals surface area contributed by atoms with Gasteiger partial charge in [-0.25, -0.2) is 22.2 Å². The molecule has 6 rings (SSSR count). The highest BCUT2D eigenvalue weighted by Crippen LogP contribution is 2.53. The van der Waals surface area contributed by atoms with Crippen LogP contribution < -0.4 is 5.32 Å². The number of nitrogens with zero attached hydrogens (tertiary/aromatic N) is 4. The van der Waals surface area contributed by atoms with Gasteiger partial charge in [0.05, 0.1) is 0 Å². The molecule has 3 heterocycles. The Balaban J connectivity index is 1.09. The molecular weight excluding hydrogens is 454 g/mol. The molecule has 0 bridgehead atoms. The first-order chi connectivity index (χ1) is 16.0. The lowest BCUT2D eigenvalue weighted by Gasteiger charge is -2.53. The van der Waals surface area contributed by atoms with Crippen LogP contribution in [0.5, 0.6) is 0 Å². The van der Waals surface area contributed by atoms with Gasteiger partial charge >= 0.3 is 0 Å². The lowest BCUT2D eigenvalue weighted by Crippen LogP contribution is -2.60. The summed E-state index contributed by atoms with van der Waals surface area (Å²) >= 11 is 0. The number of aromatic nitrogens is 3. The van der Waals surface area contributed by atoms with E-state index < -0.39 is 41.9 Å². The summed E-state index contributed by atoms with van der Waals surface area (Å²) in [5.74, 6) is -8.14. The standard InChI is InChI=1S/C23H27F4N5O2/c1-12-6-16(32-17(7-12)28-20(30-32)29-18(33)14-8-22(14,24)25)13-2-4-21(5-3-13)10-31(11-21)19(34)15-9-23(15,26)27/h6,12-15H,2-5,7-11H2,1H3,(H,29,30,33). The molecule has 1 spiro atoms. The minimum atomic E-state index is -2.94. The number of allylic oxidation sites excluding steroid dienone is 2. The molecule has 1 aromatic heterocycles. The highest BCUT2D eigenvalue weighted by atomic mass is 19.3. The van der Waals surface area contributed by atoms with Crippen LogP contribution in [0, 0.1) is 29.1 Å². The number of likely N-dealkylation sites (tertiary alicyclic amines) is 1. The average Bonchev–Trinajstić information content (AvgIpc) is 3.52. The summed E-state index contributed by atoms with van der Waals surface area (Å²) < 4.78 is 54.6. The van der Waals surface area contributed by atoms with Crippen LogP contribution >= 0.6 is 0 Å². The van der Waals surface area contributed by atoms with Gasteiger partial charge in [0, 0.05) is 49.4 Å². The molecule has 11 heteroatoms. The minimum Gasteiger partial charge on any atom is -0.341 e. The Hall–Kier alpha value is -2.46. The SMILES string of the molecule is CC1C=C(C2CCC3(CC2)CN(C(=O)C2CC2(F)F)C3)n2nc(NC(=O)C3CC3(F)F)nc2C1. The van der Waals surface area contributed by atoms with Crippen LogP contribution in [0.4, 0.5) is 23.5 Å². The molecule has 1 saturated heterocycles. The molecule has 3 aliphatic carbocycles.